The number of hydrogen-bond donors (Lipinski definition) is 4. The molecule has 15 nitrogen and oxygen atoms in total. The first-order chi connectivity index (χ1) is 40.3. The Kier molecular flexibility index (Phi) is 16.5. The number of hydrogen-bond acceptors (Lipinski definition) is 11. The Bertz CT molecular complexity index is 3990. The summed E-state index contributed by atoms with van der Waals surface area (Å²) in [5, 5.41) is 0. The highest BCUT2D eigenvalue weighted by Gasteiger charge is 2.55. The van der Waals surface area contributed by atoms with Crippen LogP contribution in [0.3, 0.4) is 0 Å². The lowest BCUT2D eigenvalue weighted by atomic mass is 9.48. The van der Waals surface area contributed by atoms with E-state index in [0.29, 0.717) is 39.8 Å². The fourth-order valence-corrected chi connectivity index (χ4v) is 13.4. The molecule has 10 aromatic rings. The number of carbonyl (C=O) groups excluding carboxylic acids is 3. The number of Topliss-reactive ketones (excluding diaryl/α,β-unsaturated/α-hetero) is 1. The van der Waals surface area contributed by atoms with Gasteiger partial charge in [0.05, 0.1) is 22.8 Å². The maximum absolute atomic E-state index is 13.7. The van der Waals surface area contributed by atoms with Crippen molar-refractivity contribution in [3.63, 3.8) is 0 Å². The molecule has 0 aliphatic heterocycles. The highest BCUT2D eigenvalue weighted by Crippen LogP contribution is 2.61. The Balaban J connectivity index is 0.000000127. The maximum atomic E-state index is 13.7. The molecular weight excluding hydrogens is 1040 g/mol. The van der Waals surface area contributed by atoms with Crippen LogP contribution in [0.1, 0.15) is 126 Å². The van der Waals surface area contributed by atoms with Crippen LogP contribution in [0.25, 0.3) is 22.7 Å². The normalized spacial score (nSPS) is 17.3. The van der Waals surface area contributed by atoms with Crippen LogP contribution >= 0.6 is 0 Å². The second-order valence-corrected chi connectivity index (χ2v) is 23.2. The molecule has 0 amide bonds. The van der Waals surface area contributed by atoms with Crippen molar-refractivity contribution < 1.29 is 14.4 Å². The molecule has 4 aliphatic rings. The first-order valence-corrected chi connectivity index (χ1v) is 28.6. The minimum absolute atomic E-state index is 0.125. The smallest absolute Gasteiger partial charge is 0.213 e. The molecule has 4 heterocycles. The van der Waals surface area contributed by atoms with E-state index in [0.717, 1.165) is 87.7 Å². The SMILES string of the molecule is Cc1cc(C)c(-n2cnc(N)c2C(=O)c2ccccc2)c(C)c1.Cc1ccc(-n2cnc(N)c2C(=O)c2ccccc2)c(C)c1.Cc1ccccc1-n1cnc(N)c1C.Cc1ccccc1-n1cnc(N)c1C(=O)C12CC3CC(CC(C3)C1)C2. The largest absolute Gasteiger partial charge is 0.382 e. The van der Waals surface area contributed by atoms with Crippen LogP contribution in [0.5, 0.6) is 0 Å². The number of anilines is 4. The molecule has 428 valence electrons. The Labute approximate surface area is 491 Å². The average molecular weight is 1120 g/mol. The van der Waals surface area contributed by atoms with Gasteiger partial charge in [-0.2, -0.15) is 0 Å². The predicted octanol–water partition coefficient (Wildman–Crippen LogP) is 13.1. The van der Waals surface area contributed by atoms with Crippen LogP contribution in [-0.4, -0.2) is 55.6 Å². The minimum Gasteiger partial charge on any atom is -0.382 e. The number of benzene rings is 6. The van der Waals surface area contributed by atoms with Crippen molar-refractivity contribution in [2.75, 3.05) is 22.9 Å². The van der Waals surface area contributed by atoms with Gasteiger partial charge in [-0.25, -0.2) is 19.9 Å². The van der Waals surface area contributed by atoms with E-state index in [1.807, 2.05) is 123 Å². The van der Waals surface area contributed by atoms with Gasteiger partial charge in [0.2, 0.25) is 11.6 Å². The molecule has 4 aliphatic carbocycles. The minimum atomic E-state index is -0.191. The van der Waals surface area contributed by atoms with Gasteiger partial charge >= 0.3 is 0 Å². The second-order valence-electron chi connectivity index (χ2n) is 23.2. The third-order valence-electron chi connectivity index (χ3n) is 16.9. The first-order valence-electron chi connectivity index (χ1n) is 28.6. The van der Waals surface area contributed by atoms with E-state index < -0.39 is 0 Å². The summed E-state index contributed by atoms with van der Waals surface area (Å²) in [5.74, 6) is 3.67. The van der Waals surface area contributed by atoms with Crippen molar-refractivity contribution in [2.24, 2.45) is 23.2 Å². The number of carbonyl (C=O) groups is 3. The zero-order chi connectivity index (χ0) is 59.6. The molecule has 4 bridgehead atoms. The second kappa shape index (κ2) is 24.1. The third kappa shape index (κ3) is 11.6. The highest BCUT2D eigenvalue weighted by molar-refractivity contribution is 6.11. The Morgan fingerprint density at radius 1 is 0.405 bits per heavy atom. The molecule has 6 aromatic carbocycles. The monoisotopic (exact) mass is 1120 g/mol. The van der Waals surface area contributed by atoms with Crippen LogP contribution in [0.4, 0.5) is 23.3 Å². The Hall–Kier alpha value is -9.63. The number of imidazole rings is 4. The summed E-state index contributed by atoms with van der Waals surface area (Å²) >= 11 is 0. The van der Waals surface area contributed by atoms with E-state index in [1.54, 1.807) is 58.7 Å². The van der Waals surface area contributed by atoms with E-state index in [9.17, 15) is 14.4 Å². The summed E-state index contributed by atoms with van der Waals surface area (Å²) in [6.45, 7) is 16.3. The summed E-state index contributed by atoms with van der Waals surface area (Å²) in [6, 6.07) is 44.8. The van der Waals surface area contributed by atoms with E-state index in [1.165, 1.54) is 36.0 Å². The van der Waals surface area contributed by atoms with Gasteiger partial charge in [0, 0.05) is 22.2 Å². The number of aryl methyl sites for hydroxylation is 7. The number of rotatable bonds is 10. The summed E-state index contributed by atoms with van der Waals surface area (Å²) < 4.78 is 7.49. The van der Waals surface area contributed by atoms with Crippen molar-refractivity contribution in [3.8, 4) is 22.7 Å². The van der Waals surface area contributed by atoms with E-state index >= 15 is 0 Å². The molecule has 4 fully saturated rings. The Morgan fingerprint density at radius 2 is 0.786 bits per heavy atom. The Morgan fingerprint density at radius 3 is 1.25 bits per heavy atom. The molecule has 0 spiro atoms. The number of para-hydroxylation sites is 2. The average Bonchev–Trinajstić information content (AvgIpc) is 2.79. The lowest BCUT2D eigenvalue weighted by molar-refractivity contribution is -0.0356. The highest BCUT2D eigenvalue weighted by atomic mass is 16.1. The zero-order valence-electron chi connectivity index (χ0n) is 49.2. The zero-order valence-corrected chi connectivity index (χ0v) is 49.2. The number of nitrogens with zero attached hydrogens (tertiary/aromatic N) is 8. The van der Waals surface area contributed by atoms with E-state index in [-0.39, 0.29) is 34.4 Å². The lowest BCUT2D eigenvalue weighted by Gasteiger charge is -2.55. The van der Waals surface area contributed by atoms with Gasteiger partial charge in [0.25, 0.3) is 0 Å². The van der Waals surface area contributed by atoms with Gasteiger partial charge in [-0.05, 0) is 158 Å². The summed E-state index contributed by atoms with van der Waals surface area (Å²) in [4.78, 5) is 56.0. The number of nitrogen functional groups attached to an aromatic ring is 4. The molecule has 4 aromatic heterocycles. The molecule has 8 N–H and O–H groups in total. The van der Waals surface area contributed by atoms with E-state index in [2.05, 4.69) is 77.1 Å². The quantitative estimate of drug-likeness (QED) is 0.0942. The first kappa shape index (κ1) is 57.6. The van der Waals surface area contributed by atoms with Gasteiger partial charge in [0.1, 0.15) is 48.2 Å². The molecule has 15 heteroatoms. The number of aromatic nitrogens is 8. The van der Waals surface area contributed by atoms with Crippen LogP contribution in [-0.2, 0) is 0 Å². The molecule has 0 unspecified atom stereocenters. The summed E-state index contributed by atoms with van der Waals surface area (Å²) in [7, 11) is 0. The fourth-order valence-electron chi connectivity index (χ4n) is 13.4. The van der Waals surface area contributed by atoms with Crippen LogP contribution in [0.15, 0.2) is 165 Å². The number of ketones is 3. The van der Waals surface area contributed by atoms with Crippen molar-refractivity contribution in [2.45, 2.75) is 93.9 Å². The third-order valence-corrected chi connectivity index (χ3v) is 16.9. The van der Waals surface area contributed by atoms with Crippen LogP contribution in [0.2, 0.25) is 0 Å². The van der Waals surface area contributed by atoms with Crippen molar-refractivity contribution in [3.05, 3.63) is 238 Å². The standard InChI is InChI=1S/C21H25N3O.C19H19N3O.C18H17N3O.C11H13N3/c1-13-4-2-3-5-17(13)24-12-23-20(22)18(24)19(25)21-9-14-6-15(10-21)8-16(7-14)11-21;1-12-9-13(2)16(14(3)10-12)22-11-21-19(20)17(22)18(23)15-7-5-4-6-8-15;1-12-8-9-15(13(2)10-12)21-11-20-18(19)16(21)17(22)14-6-4-3-5-7-14;1-8-5-3-4-6-10(8)14-7-13-11(12)9(14)2/h2-5,12,14-16H,6-11,22H2,1H3;4-11H,20H2,1-3H3;3-11H,19H2,1-2H3;3-7H,12H2,1-2H3. The van der Waals surface area contributed by atoms with Crippen molar-refractivity contribution in [1.82, 2.24) is 38.2 Å². The van der Waals surface area contributed by atoms with Gasteiger partial charge in [0.15, 0.2) is 23.2 Å². The summed E-state index contributed by atoms with van der Waals surface area (Å²) in [6.07, 6.45) is 13.8. The van der Waals surface area contributed by atoms with Gasteiger partial charge in [-0.1, -0.05) is 132 Å². The van der Waals surface area contributed by atoms with E-state index in [4.69, 9.17) is 22.9 Å². The van der Waals surface area contributed by atoms with Gasteiger partial charge in [-0.15, -0.1) is 0 Å². The number of nitrogens with two attached hydrogens (primary N) is 4. The summed E-state index contributed by atoms with van der Waals surface area (Å²) in [5.41, 5.74) is 39.2. The topological polar surface area (TPSA) is 227 Å². The molecule has 0 saturated heterocycles. The van der Waals surface area contributed by atoms with Crippen LogP contribution in [0, 0.1) is 78.6 Å². The molecule has 84 heavy (non-hydrogen) atoms. The van der Waals surface area contributed by atoms with Crippen molar-refractivity contribution in [1.29, 1.82) is 0 Å². The van der Waals surface area contributed by atoms with Gasteiger partial charge < -0.3 is 27.5 Å². The predicted molar refractivity (Wildman–Crippen MR) is 334 cm³/mol. The molecule has 4 saturated carbocycles. The molecular formula is C69H74N12O3. The lowest BCUT2D eigenvalue weighted by Crippen LogP contribution is -2.50. The molecule has 0 radical (unpaired) electrons. The van der Waals surface area contributed by atoms with Gasteiger partial charge in [-0.3, -0.25) is 28.1 Å². The maximum Gasteiger partial charge on any atom is 0.213 e. The van der Waals surface area contributed by atoms with Crippen LogP contribution < -0.4 is 22.9 Å². The fraction of sp³-hybridized carbons (Fsp3) is 0.261. The molecule has 0 atom stereocenters. The molecule has 14 rings (SSSR count). The van der Waals surface area contributed by atoms with Crippen molar-refractivity contribution >= 4 is 40.6 Å².